The highest BCUT2D eigenvalue weighted by atomic mass is 35.5. The lowest BCUT2D eigenvalue weighted by molar-refractivity contribution is 0.102. The average Bonchev–Trinajstić information content (AvgIpc) is 2.96. The lowest BCUT2D eigenvalue weighted by Crippen LogP contribution is -2.19. The Kier molecular flexibility index (Phi) is 5.11. The molecule has 7 nitrogen and oxygen atoms in total. The maximum Gasteiger partial charge on any atom is 0.258 e. The molecule has 2 N–H and O–H groups in total. The van der Waals surface area contributed by atoms with Crippen molar-refractivity contribution in [2.75, 3.05) is 5.32 Å². The smallest absolute Gasteiger partial charge is 0.258 e. The van der Waals surface area contributed by atoms with Crippen LogP contribution in [-0.2, 0) is 6.42 Å². The van der Waals surface area contributed by atoms with Crippen molar-refractivity contribution in [3.8, 4) is 5.95 Å². The molecule has 0 bridgehead atoms. The Morgan fingerprint density at radius 2 is 2.04 bits per heavy atom. The van der Waals surface area contributed by atoms with E-state index in [1.165, 1.54) is 16.8 Å². The number of benzene rings is 1. The number of halogens is 2. The number of carbonyl (C=O) groups is 1. The first-order valence-corrected chi connectivity index (χ1v) is 8.56. The van der Waals surface area contributed by atoms with Crippen molar-refractivity contribution in [3.05, 3.63) is 67.7 Å². The summed E-state index contributed by atoms with van der Waals surface area (Å²) in [6.45, 7) is 3.66. The lowest BCUT2D eigenvalue weighted by atomic mass is 10.2. The van der Waals surface area contributed by atoms with E-state index in [0.717, 1.165) is 0 Å². The Morgan fingerprint density at radius 3 is 2.77 bits per heavy atom. The first-order chi connectivity index (χ1) is 12.4. The van der Waals surface area contributed by atoms with Gasteiger partial charge in [-0.1, -0.05) is 30.1 Å². The fourth-order valence-corrected chi connectivity index (χ4v) is 2.76. The number of H-pyrrole nitrogens is 1. The van der Waals surface area contributed by atoms with Gasteiger partial charge in [-0.05, 0) is 31.5 Å². The third-order valence-electron chi connectivity index (χ3n) is 3.59. The summed E-state index contributed by atoms with van der Waals surface area (Å²) in [5.41, 5.74) is 1.19. The van der Waals surface area contributed by atoms with E-state index in [0.29, 0.717) is 28.6 Å². The minimum Gasteiger partial charge on any atom is -0.306 e. The van der Waals surface area contributed by atoms with Crippen LogP contribution >= 0.6 is 23.2 Å². The van der Waals surface area contributed by atoms with Gasteiger partial charge in [0.25, 0.3) is 11.5 Å². The summed E-state index contributed by atoms with van der Waals surface area (Å²) in [6, 6.07) is 7.70. The Morgan fingerprint density at radius 1 is 1.27 bits per heavy atom. The molecule has 1 aromatic carbocycles. The second-order valence-electron chi connectivity index (χ2n) is 5.57. The quantitative estimate of drug-likeness (QED) is 0.712. The standard InChI is InChI=1S/C17H15Cl2N5O2/c1-3-11-8-15(25)22-17(20-11)24-14(6-9(2)23-24)21-16(26)12-7-10(18)4-5-13(12)19/h4-8H,3H2,1-2H3,(H,21,26)(H,20,22,25). The van der Waals surface area contributed by atoms with Crippen molar-refractivity contribution in [2.45, 2.75) is 20.3 Å². The van der Waals surface area contributed by atoms with E-state index in [9.17, 15) is 9.59 Å². The predicted molar refractivity (Wildman–Crippen MR) is 101 cm³/mol. The molecule has 2 heterocycles. The van der Waals surface area contributed by atoms with E-state index in [2.05, 4.69) is 20.4 Å². The molecule has 0 unspecified atom stereocenters. The van der Waals surface area contributed by atoms with E-state index in [4.69, 9.17) is 23.2 Å². The number of carbonyl (C=O) groups excluding carboxylic acids is 1. The summed E-state index contributed by atoms with van der Waals surface area (Å²) in [4.78, 5) is 31.4. The van der Waals surface area contributed by atoms with Crippen molar-refractivity contribution >= 4 is 34.9 Å². The summed E-state index contributed by atoms with van der Waals surface area (Å²) >= 11 is 12.0. The first-order valence-electron chi connectivity index (χ1n) is 7.81. The maximum absolute atomic E-state index is 12.6. The number of amides is 1. The molecule has 0 aliphatic carbocycles. The van der Waals surface area contributed by atoms with Gasteiger partial charge in [-0.15, -0.1) is 0 Å². The molecule has 3 rings (SSSR count). The molecular weight excluding hydrogens is 377 g/mol. The Bertz CT molecular complexity index is 1040. The molecule has 0 spiro atoms. The van der Waals surface area contributed by atoms with Crippen LogP contribution < -0.4 is 10.9 Å². The molecule has 0 saturated heterocycles. The molecule has 2 aromatic heterocycles. The second kappa shape index (κ2) is 7.31. The van der Waals surface area contributed by atoms with Gasteiger partial charge in [0, 0.05) is 22.8 Å². The van der Waals surface area contributed by atoms with Crippen molar-refractivity contribution < 1.29 is 4.79 Å². The second-order valence-corrected chi connectivity index (χ2v) is 6.42. The fourth-order valence-electron chi connectivity index (χ4n) is 2.38. The van der Waals surface area contributed by atoms with Gasteiger partial charge in [-0.25, -0.2) is 4.98 Å². The van der Waals surface area contributed by atoms with Gasteiger partial charge in [0.2, 0.25) is 5.95 Å². The van der Waals surface area contributed by atoms with Gasteiger partial charge < -0.3 is 5.32 Å². The highest BCUT2D eigenvalue weighted by Crippen LogP contribution is 2.22. The number of anilines is 1. The molecule has 0 aliphatic heterocycles. The molecule has 0 aliphatic rings. The van der Waals surface area contributed by atoms with Crippen LogP contribution in [0.2, 0.25) is 10.0 Å². The summed E-state index contributed by atoms with van der Waals surface area (Å²) in [5, 5.41) is 7.69. The van der Waals surface area contributed by atoms with Crippen LogP contribution in [0.25, 0.3) is 5.95 Å². The minimum absolute atomic E-state index is 0.218. The third-order valence-corrected chi connectivity index (χ3v) is 4.16. The summed E-state index contributed by atoms with van der Waals surface area (Å²) < 4.78 is 1.37. The molecule has 9 heteroatoms. The normalized spacial score (nSPS) is 10.8. The Balaban J connectivity index is 2.00. The molecule has 0 fully saturated rings. The highest BCUT2D eigenvalue weighted by molar-refractivity contribution is 6.36. The molecule has 3 aromatic rings. The van der Waals surface area contributed by atoms with Gasteiger partial charge in [-0.2, -0.15) is 9.78 Å². The molecule has 0 radical (unpaired) electrons. The van der Waals surface area contributed by atoms with Crippen LogP contribution in [0.15, 0.2) is 35.1 Å². The van der Waals surface area contributed by atoms with Crippen LogP contribution in [0.4, 0.5) is 5.82 Å². The number of hydrogen-bond donors (Lipinski definition) is 2. The number of nitrogens with one attached hydrogen (secondary N) is 2. The summed E-state index contributed by atoms with van der Waals surface area (Å²) in [7, 11) is 0. The predicted octanol–water partition coefficient (Wildman–Crippen LogP) is 3.39. The first kappa shape index (κ1) is 18.2. The highest BCUT2D eigenvalue weighted by Gasteiger charge is 2.16. The molecule has 0 saturated carbocycles. The lowest BCUT2D eigenvalue weighted by Gasteiger charge is -2.10. The van der Waals surface area contributed by atoms with Crippen molar-refractivity contribution in [3.63, 3.8) is 0 Å². The molecule has 0 atom stereocenters. The molecule has 26 heavy (non-hydrogen) atoms. The zero-order valence-electron chi connectivity index (χ0n) is 14.0. The largest absolute Gasteiger partial charge is 0.306 e. The molecule has 134 valence electrons. The van der Waals surface area contributed by atoms with E-state index in [1.807, 2.05) is 6.92 Å². The molecular formula is C17H15Cl2N5O2. The van der Waals surface area contributed by atoms with E-state index >= 15 is 0 Å². The van der Waals surface area contributed by atoms with Crippen LogP contribution in [0.1, 0.15) is 28.7 Å². The van der Waals surface area contributed by atoms with Crippen molar-refractivity contribution in [1.29, 1.82) is 0 Å². The van der Waals surface area contributed by atoms with Crippen molar-refractivity contribution in [2.24, 2.45) is 0 Å². The van der Waals surface area contributed by atoms with Crippen LogP contribution in [-0.4, -0.2) is 25.7 Å². The van der Waals surface area contributed by atoms with Crippen LogP contribution in [0.5, 0.6) is 0 Å². The minimum atomic E-state index is -0.451. The van der Waals surface area contributed by atoms with Crippen molar-refractivity contribution in [1.82, 2.24) is 19.7 Å². The van der Waals surface area contributed by atoms with Gasteiger partial charge in [-0.3, -0.25) is 14.6 Å². The number of aromatic amines is 1. The van der Waals surface area contributed by atoms with E-state index in [1.54, 1.807) is 25.1 Å². The fraction of sp³-hybridized carbons (Fsp3) is 0.176. The van der Waals surface area contributed by atoms with Gasteiger partial charge in [0.15, 0.2) is 0 Å². The Hall–Kier alpha value is -2.64. The number of nitrogens with zero attached hydrogens (tertiary/aromatic N) is 3. The van der Waals surface area contributed by atoms with Gasteiger partial charge in [0.1, 0.15) is 5.82 Å². The number of aromatic nitrogens is 4. The summed E-state index contributed by atoms with van der Waals surface area (Å²) in [5.74, 6) is 0.113. The third kappa shape index (κ3) is 3.79. The monoisotopic (exact) mass is 391 g/mol. The topological polar surface area (TPSA) is 92.7 Å². The van der Waals surface area contributed by atoms with E-state index < -0.39 is 5.91 Å². The van der Waals surface area contributed by atoms with E-state index in [-0.39, 0.29) is 22.1 Å². The maximum atomic E-state index is 12.6. The Labute approximate surface area is 159 Å². The number of rotatable bonds is 4. The zero-order chi connectivity index (χ0) is 18.8. The van der Waals surface area contributed by atoms with Crippen LogP contribution in [0, 0.1) is 6.92 Å². The zero-order valence-corrected chi connectivity index (χ0v) is 15.5. The summed E-state index contributed by atoms with van der Waals surface area (Å²) in [6.07, 6.45) is 0.594. The number of aryl methyl sites for hydroxylation is 2. The number of hydrogen-bond acceptors (Lipinski definition) is 4. The van der Waals surface area contributed by atoms with Crippen LogP contribution in [0.3, 0.4) is 0 Å². The van der Waals surface area contributed by atoms with Gasteiger partial charge >= 0.3 is 0 Å². The average molecular weight is 392 g/mol. The SMILES string of the molecule is CCc1cc(=O)[nH]c(-n2nc(C)cc2NC(=O)c2cc(Cl)ccc2Cl)n1. The molecule has 1 amide bonds. The van der Waals surface area contributed by atoms with Gasteiger partial charge in [0.05, 0.1) is 16.3 Å².